The van der Waals surface area contributed by atoms with E-state index in [0.717, 1.165) is 37.7 Å². The van der Waals surface area contributed by atoms with E-state index in [1.54, 1.807) is 0 Å². The second-order valence-corrected chi connectivity index (χ2v) is 8.88. The Bertz CT molecular complexity index is 1160. The number of nitrogens with zero attached hydrogens (tertiary/aromatic N) is 2. The second kappa shape index (κ2) is 7.55. The van der Waals surface area contributed by atoms with Gasteiger partial charge in [-0.25, -0.2) is 4.98 Å². The smallest absolute Gasteiger partial charge is 0.261 e. The SMILES string of the molecule is O=C(CCc1nc2ccccc2c(=O)n1C1CC1)NC1(c2ccc(Cl)cc2)CCC1. The predicted molar refractivity (Wildman–Crippen MR) is 118 cm³/mol. The maximum absolute atomic E-state index is 13.0. The van der Waals surface area contributed by atoms with Gasteiger partial charge in [0.2, 0.25) is 5.91 Å². The van der Waals surface area contributed by atoms with Crippen LogP contribution in [0, 0.1) is 0 Å². The topological polar surface area (TPSA) is 64.0 Å². The number of benzene rings is 2. The summed E-state index contributed by atoms with van der Waals surface area (Å²) < 4.78 is 1.81. The summed E-state index contributed by atoms with van der Waals surface area (Å²) in [6, 6.07) is 15.4. The molecule has 30 heavy (non-hydrogen) atoms. The summed E-state index contributed by atoms with van der Waals surface area (Å²) in [6.45, 7) is 0. The highest BCUT2D eigenvalue weighted by molar-refractivity contribution is 6.30. The van der Waals surface area contributed by atoms with Crippen molar-refractivity contribution in [2.45, 2.75) is 56.5 Å². The van der Waals surface area contributed by atoms with Crippen LogP contribution in [0.3, 0.4) is 0 Å². The summed E-state index contributed by atoms with van der Waals surface area (Å²) in [5, 5.41) is 4.60. The first-order valence-corrected chi connectivity index (χ1v) is 11.0. The molecule has 1 aromatic heterocycles. The van der Waals surface area contributed by atoms with E-state index in [-0.39, 0.29) is 23.0 Å². The Morgan fingerprint density at radius 1 is 1.13 bits per heavy atom. The van der Waals surface area contributed by atoms with E-state index < -0.39 is 0 Å². The molecule has 1 heterocycles. The fraction of sp³-hybridized carbons (Fsp3) is 0.375. The molecule has 3 aromatic rings. The Kier molecular flexibility index (Phi) is 4.86. The van der Waals surface area contributed by atoms with E-state index in [0.29, 0.717) is 34.6 Å². The molecule has 0 aliphatic heterocycles. The molecule has 0 radical (unpaired) electrons. The van der Waals surface area contributed by atoms with Crippen molar-refractivity contribution in [3.05, 3.63) is 75.3 Å². The van der Waals surface area contributed by atoms with Crippen molar-refractivity contribution in [1.82, 2.24) is 14.9 Å². The lowest BCUT2D eigenvalue weighted by Crippen LogP contribution is -2.50. The molecular formula is C24H24ClN3O2. The standard InChI is InChI=1S/C24H24ClN3O2/c25-17-8-6-16(7-9-17)24(14-3-15-24)27-22(29)13-12-21-26-20-5-2-1-4-19(20)23(30)28(21)18-10-11-18/h1-2,4-9,18H,3,10-15H2,(H,27,29). The minimum atomic E-state index is -0.297. The third-order valence-corrected chi connectivity index (χ3v) is 6.60. The number of aromatic nitrogens is 2. The van der Waals surface area contributed by atoms with Gasteiger partial charge in [-0.15, -0.1) is 0 Å². The highest BCUT2D eigenvalue weighted by Gasteiger charge is 2.40. The first kappa shape index (κ1) is 19.3. The number of halogens is 1. The van der Waals surface area contributed by atoms with Crippen molar-refractivity contribution < 1.29 is 4.79 Å². The normalized spacial score (nSPS) is 17.5. The van der Waals surface area contributed by atoms with Gasteiger partial charge in [-0.1, -0.05) is 35.9 Å². The summed E-state index contributed by atoms with van der Waals surface area (Å²) >= 11 is 6.02. The molecule has 2 fully saturated rings. The minimum Gasteiger partial charge on any atom is -0.347 e. The van der Waals surface area contributed by atoms with Gasteiger partial charge in [0.15, 0.2) is 0 Å². The number of carbonyl (C=O) groups is 1. The van der Waals surface area contributed by atoms with Crippen LogP contribution >= 0.6 is 11.6 Å². The Morgan fingerprint density at radius 3 is 2.53 bits per heavy atom. The van der Waals surface area contributed by atoms with Crippen LogP contribution in [0.4, 0.5) is 0 Å². The highest BCUT2D eigenvalue weighted by atomic mass is 35.5. The summed E-state index contributed by atoms with van der Waals surface area (Å²) in [4.78, 5) is 30.6. The molecule has 1 N–H and O–H groups in total. The number of rotatable bonds is 6. The summed E-state index contributed by atoms with van der Waals surface area (Å²) in [6.07, 6.45) is 5.72. The van der Waals surface area contributed by atoms with Crippen LogP contribution in [0.1, 0.15) is 56.0 Å². The number of hydrogen-bond acceptors (Lipinski definition) is 3. The monoisotopic (exact) mass is 421 g/mol. The van der Waals surface area contributed by atoms with Crippen LogP contribution in [0.5, 0.6) is 0 Å². The molecule has 2 saturated carbocycles. The third-order valence-electron chi connectivity index (χ3n) is 6.35. The van der Waals surface area contributed by atoms with Crippen LogP contribution in [0.25, 0.3) is 10.9 Å². The maximum Gasteiger partial charge on any atom is 0.261 e. The van der Waals surface area contributed by atoms with Gasteiger partial charge in [0, 0.05) is 23.9 Å². The van der Waals surface area contributed by atoms with Gasteiger partial charge in [-0.2, -0.15) is 0 Å². The zero-order chi connectivity index (χ0) is 20.7. The Balaban J connectivity index is 1.35. The van der Waals surface area contributed by atoms with Crippen LogP contribution in [-0.2, 0) is 16.8 Å². The molecule has 0 saturated heterocycles. The number of nitrogens with one attached hydrogen (secondary N) is 1. The average Bonchev–Trinajstić information content (AvgIpc) is 3.55. The highest BCUT2D eigenvalue weighted by Crippen LogP contribution is 2.41. The molecule has 2 aliphatic rings. The van der Waals surface area contributed by atoms with Crippen molar-refractivity contribution >= 4 is 28.4 Å². The van der Waals surface area contributed by atoms with Crippen molar-refractivity contribution in [2.24, 2.45) is 0 Å². The van der Waals surface area contributed by atoms with Gasteiger partial charge in [-0.05, 0) is 61.9 Å². The third kappa shape index (κ3) is 3.52. The minimum absolute atomic E-state index is 0.00518. The van der Waals surface area contributed by atoms with Crippen molar-refractivity contribution in [3.8, 4) is 0 Å². The van der Waals surface area contributed by atoms with E-state index in [4.69, 9.17) is 16.6 Å². The predicted octanol–water partition coefficient (Wildman–Crippen LogP) is 4.51. The Hall–Kier alpha value is -2.66. The van der Waals surface area contributed by atoms with Crippen LogP contribution in [0.15, 0.2) is 53.3 Å². The maximum atomic E-state index is 13.0. The fourth-order valence-corrected chi connectivity index (χ4v) is 4.54. The molecule has 6 heteroatoms. The zero-order valence-electron chi connectivity index (χ0n) is 16.7. The van der Waals surface area contributed by atoms with E-state index in [2.05, 4.69) is 5.32 Å². The van der Waals surface area contributed by atoms with Crippen molar-refractivity contribution in [1.29, 1.82) is 0 Å². The lowest BCUT2D eigenvalue weighted by atomic mass is 9.71. The molecule has 1 amide bonds. The van der Waals surface area contributed by atoms with Gasteiger partial charge in [0.05, 0.1) is 16.4 Å². The largest absolute Gasteiger partial charge is 0.347 e. The molecule has 5 nitrogen and oxygen atoms in total. The van der Waals surface area contributed by atoms with Crippen LogP contribution in [-0.4, -0.2) is 15.5 Å². The molecule has 0 spiro atoms. The summed E-state index contributed by atoms with van der Waals surface area (Å²) in [7, 11) is 0. The number of para-hydroxylation sites is 1. The van der Waals surface area contributed by atoms with Gasteiger partial charge in [0.25, 0.3) is 5.56 Å². The molecule has 2 aromatic carbocycles. The molecule has 0 bridgehead atoms. The number of amides is 1. The number of fused-ring (bicyclic) bond motifs is 1. The Morgan fingerprint density at radius 2 is 1.87 bits per heavy atom. The molecule has 2 aliphatic carbocycles. The van der Waals surface area contributed by atoms with Gasteiger partial charge in [-0.3, -0.25) is 14.2 Å². The molecule has 5 rings (SSSR count). The van der Waals surface area contributed by atoms with E-state index in [1.165, 1.54) is 0 Å². The molecule has 0 unspecified atom stereocenters. The molecule has 0 atom stereocenters. The summed E-state index contributed by atoms with van der Waals surface area (Å²) in [5.74, 6) is 0.708. The average molecular weight is 422 g/mol. The van der Waals surface area contributed by atoms with Crippen LogP contribution < -0.4 is 10.9 Å². The molecule has 154 valence electrons. The first-order chi connectivity index (χ1) is 14.6. The van der Waals surface area contributed by atoms with Gasteiger partial charge >= 0.3 is 0 Å². The summed E-state index contributed by atoms with van der Waals surface area (Å²) in [5.41, 5.74) is 1.51. The van der Waals surface area contributed by atoms with E-state index in [1.807, 2.05) is 53.1 Å². The number of carbonyl (C=O) groups excluding carboxylic acids is 1. The van der Waals surface area contributed by atoms with Crippen molar-refractivity contribution in [3.63, 3.8) is 0 Å². The Labute approximate surface area is 180 Å². The second-order valence-electron chi connectivity index (χ2n) is 8.44. The number of aryl methyl sites for hydroxylation is 1. The van der Waals surface area contributed by atoms with E-state index >= 15 is 0 Å². The lowest BCUT2D eigenvalue weighted by Gasteiger charge is -2.43. The van der Waals surface area contributed by atoms with E-state index in [9.17, 15) is 9.59 Å². The quantitative estimate of drug-likeness (QED) is 0.636. The lowest BCUT2D eigenvalue weighted by molar-refractivity contribution is -0.124. The molecular weight excluding hydrogens is 398 g/mol. The fourth-order valence-electron chi connectivity index (χ4n) is 4.42. The number of hydrogen-bond donors (Lipinski definition) is 1. The first-order valence-electron chi connectivity index (χ1n) is 10.6. The van der Waals surface area contributed by atoms with Gasteiger partial charge in [0.1, 0.15) is 5.82 Å². The van der Waals surface area contributed by atoms with Gasteiger partial charge < -0.3 is 5.32 Å². The van der Waals surface area contributed by atoms with Crippen molar-refractivity contribution in [2.75, 3.05) is 0 Å². The zero-order valence-corrected chi connectivity index (χ0v) is 17.5. The van der Waals surface area contributed by atoms with Crippen LogP contribution in [0.2, 0.25) is 5.02 Å².